The Morgan fingerprint density at radius 2 is 1.86 bits per heavy atom. The predicted molar refractivity (Wildman–Crippen MR) is 86.6 cm³/mol. The van der Waals surface area contributed by atoms with E-state index in [2.05, 4.69) is 0 Å². The second-order valence-corrected chi connectivity index (χ2v) is 6.93. The molecule has 22 heavy (non-hydrogen) atoms. The Labute approximate surface area is 139 Å². The summed E-state index contributed by atoms with van der Waals surface area (Å²) in [5.41, 5.74) is -1.13. The molecule has 1 fully saturated rings. The molecule has 7 heteroatoms. The van der Waals surface area contributed by atoms with E-state index in [1.807, 2.05) is 19.0 Å². The fraction of sp³-hybridized carbons (Fsp3) is 0.600. The molecule has 0 saturated carbocycles. The van der Waals surface area contributed by atoms with Gasteiger partial charge in [0.1, 0.15) is 0 Å². The minimum Gasteiger partial charge on any atom is -0.385 e. The Balaban J connectivity index is 0.00000242. The molecular weight excluding hydrogens is 335 g/mol. The summed E-state index contributed by atoms with van der Waals surface area (Å²) in [5.74, 6) is 1.65. The lowest BCUT2D eigenvalue weighted by Crippen LogP contribution is -2.45. The Hall–Kier alpha value is -0.430. The van der Waals surface area contributed by atoms with E-state index in [0.29, 0.717) is 18.5 Å². The van der Waals surface area contributed by atoms with Crippen LogP contribution < -0.4 is 0 Å². The van der Waals surface area contributed by atoms with E-state index in [9.17, 15) is 18.3 Å². The SMILES string of the molecule is CN(C)CC1CSCCC1(O)c1ccc(C(F)(F)F)cc1.Cl. The summed E-state index contributed by atoms with van der Waals surface area (Å²) in [6, 6.07) is 4.95. The maximum absolute atomic E-state index is 12.6. The fourth-order valence-electron chi connectivity index (χ4n) is 2.77. The smallest absolute Gasteiger partial charge is 0.385 e. The third kappa shape index (κ3) is 4.31. The molecule has 2 atom stereocenters. The van der Waals surface area contributed by atoms with Crippen LogP contribution in [0.5, 0.6) is 0 Å². The van der Waals surface area contributed by atoms with Gasteiger partial charge in [-0.3, -0.25) is 0 Å². The molecule has 1 N–H and O–H groups in total. The molecular formula is C15H21ClF3NOS. The Kier molecular flexibility index (Phi) is 6.62. The van der Waals surface area contributed by atoms with Crippen molar-refractivity contribution in [2.45, 2.75) is 18.2 Å². The van der Waals surface area contributed by atoms with Crippen molar-refractivity contribution in [1.82, 2.24) is 4.90 Å². The van der Waals surface area contributed by atoms with Crippen molar-refractivity contribution in [3.05, 3.63) is 35.4 Å². The van der Waals surface area contributed by atoms with Gasteiger partial charge in [-0.15, -0.1) is 12.4 Å². The second-order valence-electron chi connectivity index (χ2n) is 5.78. The molecule has 1 aromatic carbocycles. The zero-order chi connectivity index (χ0) is 15.7. The largest absolute Gasteiger partial charge is 0.416 e. The third-order valence-electron chi connectivity index (χ3n) is 3.92. The summed E-state index contributed by atoms with van der Waals surface area (Å²) in [7, 11) is 3.87. The molecule has 2 nitrogen and oxygen atoms in total. The van der Waals surface area contributed by atoms with Gasteiger partial charge in [0.15, 0.2) is 0 Å². The van der Waals surface area contributed by atoms with Gasteiger partial charge in [-0.2, -0.15) is 24.9 Å². The molecule has 0 aromatic heterocycles. The Morgan fingerprint density at radius 3 is 2.36 bits per heavy atom. The predicted octanol–water partition coefficient (Wildman–Crippen LogP) is 3.63. The number of hydrogen-bond donors (Lipinski definition) is 1. The molecule has 1 aromatic rings. The van der Waals surface area contributed by atoms with Crippen LogP contribution in [0.3, 0.4) is 0 Å². The normalized spacial score (nSPS) is 25.9. The maximum Gasteiger partial charge on any atom is 0.416 e. The molecule has 0 radical (unpaired) electrons. The number of rotatable bonds is 3. The number of alkyl halides is 3. The van der Waals surface area contributed by atoms with Crippen molar-refractivity contribution in [3.63, 3.8) is 0 Å². The molecule has 0 bridgehead atoms. The molecule has 0 amide bonds. The molecule has 0 aliphatic carbocycles. The van der Waals surface area contributed by atoms with Crippen LogP contribution in [0, 0.1) is 5.92 Å². The van der Waals surface area contributed by atoms with Crippen LogP contribution in [0.4, 0.5) is 13.2 Å². The number of aliphatic hydroxyl groups is 1. The Bertz CT molecular complexity index is 481. The van der Waals surface area contributed by atoms with Gasteiger partial charge in [-0.1, -0.05) is 12.1 Å². The van der Waals surface area contributed by atoms with E-state index in [0.717, 1.165) is 23.6 Å². The number of halogens is 4. The molecule has 2 rings (SSSR count). The van der Waals surface area contributed by atoms with Crippen LogP contribution in [0.1, 0.15) is 17.5 Å². The molecule has 1 aliphatic rings. The van der Waals surface area contributed by atoms with E-state index in [4.69, 9.17) is 0 Å². The lowest BCUT2D eigenvalue weighted by Gasteiger charge is -2.41. The number of hydrogen-bond acceptors (Lipinski definition) is 3. The highest BCUT2D eigenvalue weighted by atomic mass is 35.5. The van der Waals surface area contributed by atoms with Gasteiger partial charge in [0.2, 0.25) is 0 Å². The van der Waals surface area contributed by atoms with Crippen LogP contribution in [-0.2, 0) is 11.8 Å². The highest BCUT2D eigenvalue weighted by Crippen LogP contribution is 2.41. The van der Waals surface area contributed by atoms with Crippen molar-refractivity contribution in [1.29, 1.82) is 0 Å². The van der Waals surface area contributed by atoms with Crippen molar-refractivity contribution in [3.8, 4) is 0 Å². The lowest BCUT2D eigenvalue weighted by atomic mass is 9.79. The van der Waals surface area contributed by atoms with E-state index in [1.54, 1.807) is 11.8 Å². The first-order valence-electron chi connectivity index (χ1n) is 6.86. The summed E-state index contributed by atoms with van der Waals surface area (Å²) in [5, 5.41) is 11.0. The topological polar surface area (TPSA) is 23.5 Å². The minimum atomic E-state index is -4.34. The van der Waals surface area contributed by atoms with Crippen molar-refractivity contribution < 1.29 is 18.3 Å². The van der Waals surface area contributed by atoms with Gasteiger partial charge in [-0.05, 0) is 44.0 Å². The maximum atomic E-state index is 12.6. The van der Waals surface area contributed by atoms with Gasteiger partial charge < -0.3 is 10.0 Å². The van der Waals surface area contributed by atoms with Crippen LogP contribution >= 0.6 is 24.2 Å². The average Bonchev–Trinajstić information content (AvgIpc) is 2.40. The summed E-state index contributed by atoms with van der Waals surface area (Å²) in [4.78, 5) is 2.01. The molecule has 1 heterocycles. The first-order chi connectivity index (χ1) is 9.73. The van der Waals surface area contributed by atoms with Gasteiger partial charge in [0, 0.05) is 18.2 Å². The first kappa shape index (κ1) is 19.6. The molecule has 0 spiro atoms. The average molecular weight is 356 g/mol. The molecule has 2 unspecified atom stereocenters. The summed E-state index contributed by atoms with van der Waals surface area (Å²) < 4.78 is 37.9. The van der Waals surface area contributed by atoms with Crippen molar-refractivity contribution >= 4 is 24.2 Å². The van der Waals surface area contributed by atoms with E-state index >= 15 is 0 Å². The first-order valence-corrected chi connectivity index (χ1v) is 8.01. The minimum absolute atomic E-state index is 0. The standard InChI is InChI=1S/C15H20F3NOS.ClH/c1-19(2)9-13-10-21-8-7-14(13,20)11-3-5-12(6-4-11)15(16,17)18;/h3-6,13,20H,7-10H2,1-2H3;1H. The van der Waals surface area contributed by atoms with Gasteiger partial charge in [0.05, 0.1) is 11.2 Å². The molecule has 1 aliphatic heterocycles. The third-order valence-corrected chi connectivity index (χ3v) is 5.05. The highest BCUT2D eigenvalue weighted by molar-refractivity contribution is 7.99. The van der Waals surface area contributed by atoms with E-state index in [1.165, 1.54) is 12.1 Å². The van der Waals surface area contributed by atoms with Crippen molar-refractivity contribution in [2.75, 3.05) is 32.1 Å². The summed E-state index contributed by atoms with van der Waals surface area (Å²) >= 11 is 1.78. The monoisotopic (exact) mass is 355 g/mol. The Morgan fingerprint density at radius 1 is 1.27 bits per heavy atom. The molecule has 1 saturated heterocycles. The number of nitrogens with zero attached hydrogens (tertiary/aromatic N) is 1. The van der Waals surface area contributed by atoms with Crippen LogP contribution in [-0.4, -0.2) is 42.2 Å². The zero-order valence-corrected chi connectivity index (χ0v) is 14.2. The second kappa shape index (κ2) is 7.43. The summed E-state index contributed by atoms with van der Waals surface area (Å²) in [6.07, 6.45) is -3.77. The van der Waals surface area contributed by atoms with E-state index in [-0.39, 0.29) is 18.3 Å². The number of thioether (sulfide) groups is 1. The fourth-order valence-corrected chi connectivity index (χ4v) is 4.06. The van der Waals surface area contributed by atoms with E-state index < -0.39 is 17.3 Å². The van der Waals surface area contributed by atoms with Crippen molar-refractivity contribution in [2.24, 2.45) is 5.92 Å². The van der Waals surface area contributed by atoms with Crippen LogP contribution in [0.2, 0.25) is 0 Å². The van der Waals surface area contributed by atoms with Crippen LogP contribution in [0.25, 0.3) is 0 Å². The van der Waals surface area contributed by atoms with Crippen LogP contribution in [0.15, 0.2) is 24.3 Å². The lowest BCUT2D eigenvalue weighted by molar-refractivity contribution is -0.137. The summed E-state index contributed by atoms with van der Waals surface area (Å²) in [6.45, 7) is 0.713. The highest BCUT2D eigenvalue weighted by Gasteiger charge is 2.41. The van der Waals surface area contributed by atoms with Gasteiger partial charge in [0.25, 0.3) is 0 Å². The molecule has 126 valence electrons. The van der Waals surface area contributed by atoms with Gasteiger partial charge in [-0.25, -0.2) is 0 Å². The zero-order valence-electron chi connectivity index (χ0n) is 12.6. The quantitative estimate of drug-likeness (QED) is 0.895. The van der Waals surface area contributed by atoms with Gasteiger partial charge >= 0.3 is 6.18 Å². The number of benzene rings is 1.